The Bertz CT molecular complexity index is 3520. The van der Waals surface area contributed by atoms with E-state index in [0.717, 1.165) is 102 Å². The number of carbonyl (C=O) groups excluding carboxylic acids is 6. The van der Waals surface area contributed by atoms with Gasteiger partial charge in [0.2, 0.25) is 35.4 Å². The molecule has 0 saturated carbocycles. The number of hydrogen-bond donors (Lipinski definition) is 12. The zero-order valence-corrected chi connectivity index (χ0v) is 52.6. The van der Waals surface area contributed by atoms with Gasteiger partial charge in [0.1, 0.15) is 18.1 Å². The highest BCUT2D eigenvalue weighted by molar-refractivity contribution is 6.01. The molecular formula is C73H88N12O6. The topological polar surface area (TPSA) is 300 Å². The molecule has 0 saturated heterocycles. The minimum atomic E-state index is -0.812. The molecule has 0 aliphatic carbocycles. The van der Waals surface area contributed by atoms with E-state index >= 15 is 0 Å². The molecule has 3 heterocycles. The van der Waals surface area contributed by atoms with Gasteiger partial charge in [0.15, 0.2) is 0 Å². The molecule has 9 aromatic rings. The number of para-hydroxylation sites is 3. The smallest absolute Gasteiger partial charge is 0.246 e. The number of nitrogens with two attached hydrogens (primary N) is 3. The van der Waals surface area contributed by atoms with Crippen molar-refractivity contribution in [1.29, 1.82) is 0 Å². The van der Waals surface area contributed by atoms with Crippen LogP contribution in [0.3, 0.4) is 0 Å². The molecule has 3 atom stereocenters. The Kier molecular flexibility index (Phi) is 23.5. The third-order valence-corrected chi connectivity index (χ3v) is 17.1. The van der Waals surface area contributed by atoms with E-state index in [1.165, 1.54) is 0 Å². The standard InChI is InChI=1S/C73H88N12O6/c1-4-58-55(52-19-7-10-22-61(52)80-58)43-67(86)83-64(25-13-16-40-74)71(89)77-49-34-28-46(29-35-49)70(47-30-36-50(37-31-47)78-72(90)65(26-14-17-41-75)84-68(87)44-56-53-20-8-11-23-62(53)81-59(56)5-2)48-32-38-51(39-33-48)79-73(91)66(27-15-18-42-76)85-69(88)45-57-54-21-9-12-24-63(54)82-60(57)6-3/h7-12,19-24,28-39,64-66,70,80-82H,4-6,13-18,25-27,40-45,74-76H2,1-3H3,(H,77,89)(H,78,90)(H,79,91)(H,83,86)(H,84,87)(H,85,88)/t64-,65-,66-/m0/s1. The van der Waals surface area contributed by atoms with Gasteiger partial charge < -0.3 is 64.1 Å². The monoisotopic (exact) mass is 1230 g/mol. The van der Waals surface area contributed by atoms with Crippen LogP contribution in [-0.4, -0.2) is 88.2 Å². The van der Waals surface area contributed by atoms with E-state index in [-0.39, 0.29) is 60.6 Å². The molecule has 18 nitrogen and oxygen atoms in total. The lowest BCUT2D eigenvalue weighted by Gasteiger charge is -2.22. The predicted molar refractivity (Wildman–Crippen MR) is 365 cm³/mol. The SMILES string of the molecule is CCc1[nH]c2ccccc2c1CC(=O)N[C@@H](CCCCN)C(=O)Nc1ccc(C(c2ccc(NC(=O)[C@H](CCCCN)NC(=O)Cc3c(CC)[nH]c4ccccc34)cc2)c2ccc(NC(=O)[C@H](CCCCN)NC(=O)Cc3c(CC)[nH]c4ccccc34)cc2)cc1. The zero-order chi connectivity index (χ0) is 64.2. The lowest BCUT2D eigenvalue weighted by atomic mass is 9.85. The van der Waals surface area contributed by atoms with Crippen LogP contribution in [0.25, 0.3) is 32.7 Å². The summed E-state index contributed by atoms with van der Waals surface area (Å²) in [6.45, 7) is 7.51. The molecule has 9 rings (SSSR count). The number of fused-ring (bicyclic) bond motifs is 3. The quantitative estimate of drug-likeness (QED) is 0.0137. The Hall–Kier alpha value is -9.36. The summed E-state index contributed by atoms with van der Waals surface area (Å²) in [5.41, 5.74) is 30.4. The summed E-state index contributed by atoms with van der Waals surface area (Å²) >= 11 is 0. The maximum atomic E-state index is 14.2. The second-order valence-corrected chi connectivity index (χ2v) is 23.5. The van der Waals surface area contributed by atoms with Crippen molar-refractivity contribution in [3.8, 4) is 0 Å². The molecular weight excluding hydrogens is 1140 g/mol. The highest BCUT2D eigenvalue weighted by Gasteiger charge is 2.27. The van der Waals surface area contributed by atoms with Crippen molar-refractivity contribution in [2.45, 2.75) is 141 Å². The largest absolute Gasteiger partial charge is 0.358 e. The average molecular weight is 1230 g/mol. The van der Waals surface area contributed by atoms with Crippen molar-refractivity contribution >= 4 is 85.2 Å². The molecule has 0 aliphatic rings. The van der Waals surface area contributed by atoms with Gasteiger partial charge in [-0.1, -0.05) is 112 Å². The summed E-state index contributed by atoms with van der Waals surface area (Å²) in [7, 11) is 0. The molecule has 0 radical (unpaired) electrons. The highest BCUT2D eigenvalue weighted by Crippen LogP contribution is 2.35. The van der Waals surface area contributed by atoms with Crippen molar-refractivity contribution in [3.05, 3.63) is 196 Å². The Balaban J connectivity index is 0.942. The Morgan fingerprint density at radius 3 is 0.879 bits per heavy atom. The molecule has 6 amide bonds. The maximum Gasteiger partial charge on any atom is 0.246 e. The Morgan fingerprint density at radius 2 is 0.626 bits per heavy atom. The number of amides is 6. The van der Waals surface area contributed by atoms with Crippen molar-refractivity contribution in [3.63, 3.8) is 0 Å². The molecule has 3 aromatic heterocycles. The summed E-state index contributed by atoms with van der Waals surface area (Å²) in [5, 5.41) is 21.2. The van der Waals surface area contributed by atoms with Crippen LogP contribution >= 0.6 is 0 Å². The van der Waals surface area contributed by atoms with Crippen LogP contribution in [0, 0.1) is 0 Å². The number of H-pyrrole nitrogens is 3. The number of carbonyl (C=O) groups is 6. The molecule has 15 N–H and O–H groups in total. The maximum absolute atomic E-state index is 14.2. The van der Waals surface area contributed by atoms with Crippen LogP contribution in [0.5, 0.6) is 0 Å². The van der Waals surface area contributed by atoms with Gasteiger partial charge in [-0.2, -0.15) is 0 Å². The molecule has 18 heteroatoms. The second kappa shape index (κ2) is 32.4. The minimum Gasteiger partial charge on any atom is -0.358 e. The first-order valence-electron chi connectivity index (χ1n) is 32.3. The molecule has 0 fully saturated rings. The first kappa shape index (κ1) is 66.1. The Labute approximate surface area is 532 Å². The number of unbranched alkanes of at least 4 members (excludes halogenated alkanes) is 3. The number of anilines is 3. The predicted octanol–water partition coefficient (Wildman–Crippen LogP) is 10.4. The van der Waals surface area contributed by atoms with Crippen molar-refractivity contribution in [2.75, 3.05) is 35.6 Å². The third kappa shape index (κ3) is 17.1. The van der Waals surface area contributed by atoms with Crippen molar-refractivity contribution < 1.29 is 28.8 Å². The first-order valence-corrected chi connectivity index (χ1v) is 32.3. The van der Waals surface area contributed by atoms with Crippen LogP contribution in [0.1, 0.15) is 135 Å². The second-order valence-electron chi connectivity index (χ2n) is 23.5. The Morgan fingerprint density at radius 1 is 0.363 bits per heavy atom. The summed E-state index contributed by atoms with van der Waals surface area (Å²) in [4.78, 5) is 94.2. The van der Waals surface area contributed by atoms with Gasteiger partial charge in [-0.05, 0) is 185 Å². The van der Waals surface area contributed by atoms with Gasteiger partial charge >= 0.3 is 0 Å². The minimum absolute atomic E-state index is 0.118. The number of rotatable bonds is 33. The van der Waals surface area contributed by atoms with Crippen LogP contribution in [0.15, 0.2) is 146 Å². The lowest BCUT2D eigenvalue weighted by Crippen LogP contribution is -2.44. The van der Waals surface area contributed by atoms with Crippen molar-refractivity contribution in [2.24, 2.45) is 17.2 Å². The number of benzene rings is 6. The van der Waals surface area contributed by atoms with E-state index in [9.17, 15) is 28.8 Å². The summed E-state index contributed by atoms with van der Waals surface area (Å²) in [6, 6.07) is 44.0. The van der Waals surface area contributed by atoms with E-state index in [4.69, 9.17) is 17.2 Å². The molecule has 476 valence electrons. The molecule has 6 aromatic carbocycles. The number of aromatic amines is 3. The van der Waals surface area contributed by atoms with E-state index in [1.54, 1.807) is 0 Å². The fourth-order valence-corrected chi connectivity index (χ4v) is 12.3. The van der Waals surface area contributed by atoms with Crippen LogP contribution in [-0.2, 0) is 67.3 Å². The first-order chi connectivity index (χ1) is 44.3. The number of aromatic nitrogens is 3. The van der Waals surface area contributed by atoms with E-state index in [1.807, 2.05) is 166 Å². The summed E-state index contributed by atoms with van der Waals surface area (Å²) in [6.07, 6.45) is 7.75. The number of nitrogens with one attached hydrogen (secondary N) is 9. The zero-order valence-electron chi connectivity index (χ0n) is 52.6. The van der Waals surface area contributed by atoms with E-state index < -0.39 is 18.1 Å². The van der Waals surface area contributed by atoms with Crippen molar-refractivity contribution in [1.82, 2.24) is 30.9 Å². The fraction of sp³-hybridized carbons (Fsp3) is 0.342. The third-order valence-electron chi connectivity index (χ3n) is 17.1. The fourth-order valence-electron chi connectivity index (χ4n) is 12.3. The molecule has 0 aliphatic heterocycles. The highest BCUT2D eigenvalue weighted by atomic mass is 16.2. The van der Waals surface area contributed by atoms with Crippen LogP contribution in [0.2, 0.25) is 0 Å². The van der Waals surface area contributed by atoms with Gasteiger partial charge in [-0.15, -0.1) is 0 Å². The molecule has 0 bridgehead atoms. The number of hydrogen-bond acceptors (Lipinski definition) is 9. The summed E-state index contributed by atoms with van der Waals surface area (Å²) < 4.78 is 0. The van der Waals surface area contributed by atoms with Gasteiger partial charge in [-0.25, -0.2) is 0 Å². The van der Waals surface area contributed by atoms with Crippen LogP contribution < -0.4 is 49.1 Å². The van der Waals surface area contributed by atoms with Gasteiger partial charge in [0.25, 0.3) is 0 Å². The lowest BCUT2D eigenvalue weighted by molar-refractivity contribution is -0.126. The van der Waals surface area contributed by atoms with E-state index in [2.05, 4.69) is 46.9 Å². The molecule has 91 heavy (non-hydrogen) atoms. The normalized spacial score (nSPS) is 12.4. The van der Waals surface area contributed by atoms with E-state index in [0.29, 0.717) is 94.5 Å². The number of aryl methyl sites for hydroxylation is 3. The molecule has 0 spiro atoms. The van der Waals surface area contributed by atoms with Gasteiger partial charge in [-0.3, -0.25) is 28.8 Å². The average Bonchev–Trinajstić information content (AvgIpc) is 1.93. The summed E-state index contributed by atoms with van der Waals surface area (Å²) in [5.74, 6) is -2.19. The van der Waals surface area contributed by atoms with Gasteiger partial charge in [0.05, 0.1) is 19.3 Å². The van der Waals surface area contributed by atoms with Gasteiger partial charge in [0, 0.05) is 72.8 Å². The molecule has 0 unspecified atom stereocenters. The van der Waals surface area contributed by atoms with Crippen LogP contribution in [0.4, 0.5) is 17.1 Å².